The molecule has 0 saturated heterocycles. The zero-order valence-electron chi connectivity index (χ0n) is 13.5. The van der Waals surface area contributed by atoms with Crippen LogP contribution in [-0.4, -0.2) is 43.3 Å². The minimum absolute atomic E-state index is 0.147. The Bertz CT molecular complexity index is 405. The van der Waals surface area contributed by atoms with E-state index in [1.807, 2.05) is 6.07 Å². The van der Waals surface area contributed by atoms with E-state index in [-0.39, 0.29) is 12.1 Å². The summed E-state index contributed by atoms with van der Waals surface area (Å²) in [4.78, 5) is 2.42. The third kappa shape index (κ3) is 4.80. The number of nitrogens with one attached hydrogen (secondary N) is 1. The molecule has 1 aromatic rings. The number of aliphatic hydroxyl groups excluding tert-OH is 1. The lowest BCUT2D eigenvalue weighted by Gasteiger charge is -2.35. The molecule has 0 spiro atoms. The summed E-state index contributed by atoms with van der Waals surface area (Å²) in [7, 11) is 2.20. The van der Waals surface area contributed by atoms with E-state index in [0.717, 1.165) is 31.8 Å². The van der Waals surface area contributed by atoms with Crippen LogP contribution in [0, 0.1) is 5.92 Å². The number of nitrogens with zero attached hydrogens (tertiary/aromatic N) is 1. The summed E-state index contributed by atoms with van der Waals surface area (Å²) in [6.07, 6.45) is 4.80. The van der Waals surface area contributed by atoms with Gasteiger partial charge in [0.1, 0.15) is 0 Å². The number of hydrogen-bond acceptors (Lipinski definition) is 3. The lowest BCUT2D eigenvalue weighted by atomic mass is 9.87. The third-order valence-electron chi connectivity index (χ3n) is 4.50. The van der Waals surface area contributed by atoms with E-state index >= 15 is 0 Å². The van der Waals surface area contributed by atoms with Crippen LogP contribution in [0.4, 0.5) is 0 Å². The predicted octanol–water partition coefficient (Wildman–Crippen LogP) is 2.61. The van der Waals surface area contributed by atoms with Crippen LogP contribution in [0.25, 0.3) is 0 Å². The fourth-order valence-electron chi connectivity index (χ4n) is 2.90. The van der Waals surface area contributed by atoms with Crippen molar-refractivity contribution in [2.75, 3.05) is 33.3 Å². The highest BCUT2D eigenvalue weighted by Gasteiger charge is 2.31. The van der Waals surface area contributed by atoms with E-state index in [1.165, 1.54) is 24.9 Å². The van der Waals surface area contributed by atoms with Gasteiger partial charge in [-0.25, -0.2) is 0 Å². The maximum Gasteiger partial charge on any atom is 0.0681 e. The molecule has 1 fully saturated rings. The molecule has 0 aliphatic heterocycles. The molecular formula is C18H30N2O. The number of hydrogen-bond donors (Lipinski definition) is 2. The van der Waals surface area contributed by atoms with E-state index < -0.39 is 0 Å². The van der Waals surface area contributed by atoms with Crippen LogP contribution >= 0.6 is 0 Å². The van der Waals surface area contributed by atoms with Gasteiger partial charge < -0.3 is 15.3 Å². The Morgan fingerprint density at radius 3 is 2.57 bits per heavy atom. The standard InChI is InChI=1S/C18H30N2O/c1-3-12-19-18(15-21,17-7-5-4-6-8-17)11-13-20(2)14-16-9-10-16/h4-8,16,19,21H,3,9-15H2,1-2H3. The van der Waals surface area contributed by atoms with Gasteiger partial charge in [0.05, 0.1) is 12.1 Å². The second-order valence-electron chi connectivity index (χ2n) is 6.49. The van der Waals surface area contributed by atoms with Crippen LogP contribution in [-0.2, 0) is 5.54 Å². The molecule has 0 amide bonds. The number of benzene rings is 1. The van der Waals surface area contributed by atoms with Gasteiger partial charge in [0.25, 0.3) is 0 Å². The summed E-state index contributed by atoms with van der Waals surface area (Å²) in [5.74, 6) is 0.916. The molecule has 3 heteroatoms. The molecule has 1 saturated carbocycles. The van der Waals surface area contributed by atoms with Crippen LogP contribution in [0.5, 0.6) is 0 Å². The van der Waals surface area contributed by atoms with Gasteiger partial charge in [-0.05, 0) is 50.8 Å². The first-order valence-corrected chi connectivity index (χ1v) is 8.30. The van der Waals surface area contributed by atoms with Crippen molar-refractivity contribution < 1.29 is 5.11 Å². The zero-order chi connectivity index (χ0) is 15.1. The Morgan fingerprint density at radius 2 is 2.00 bits per heavy atom. The predicted molar refractivity (Wildman–Crippen MR) is 88.3 cm³/mol. The van der Waals surface area contributed by atoms with Crippen LogP contribution in [0.2, 0.25) is 0 Å². The van der Waals surface area contributed by atoms with Crippen molar-refractivity contribution in [1.29, 1.82) is 0 Å². The molecule has 0 aromatic heterocycles. The summed E-state index contributed by atoms with van der Waals surface area (Å²) in [5.41, 5.74) is 0.885. The van der Waals surface area contributed by atoms with Gasteiger partial charge in [0.15, 0.2) is 0 Å². The van der Waals surface area contributed by atoms with E-state index in [9.17, 15) is 5.11 Å². The first-order valence-electron chi connectivity index (χ1n) is 8.30. The van der Waals surface area contributed by atoms with Crippen molar-refractivity contribution in [3.05, 3.63) is 35.9 Å². The fraction of sp³-hybridized carbons (Fsp3) is 0.667. The quantitative estimate of drug-likeness (QED) is 0.695. The normalized spacial score (nSPS) is 17.9. The van der Waals surface area contributed by atoms with Gasteiger partial charge in [0.2, 0.25) is 0 Å². The molecule has 2 N–H and O–H groups in total. The van der Waals surface area contributed by atoms with E-state index in [0.29, 0.717) is 0 Å². The monoisotopic (exact) mass is 290 g/mol. The fourth-order valence-corrected chi connectivity index (χ4v) is 2.90. The Kier molecular flexibility index (Phi) is 6.22. The van der Waals surface area contributed by atoms with Crippen LogP contribution in [0.1, 0.15) is 38.2 Å². The molecule has 2 rings (SSSR count). The largest absolute Gasteiger partial charge is 0.394 e. The van der Waals surface area contributed by atoms with Crippen LogP contribution in [0.15, 0.2) is 30.3 Å². The SMILES string of the molecule is CCCNC(CO)(CCN(C)CC1CC1)c1ccccc1. The Balaban J connectivity index is 2.02. The van der Waals surface area contributed by atoms with Crippen molar-refractivity contribution in [2.45, 2.75) is 38.1 Å². The maximum absolute atomic E-state index is 10.1. The minimum Gasteiger partial charge on any atom is -0.394 e. The lowest BCUT2D eigenvalue weighted by Crippen LogP contribution is -2.48. The summed E-state index contributed by atoms with van der Waals surface area (Å²) >= 11 is 0. The summed E-state index contributed by atoms with van der Waals surface area (Å²) in [6, 6.07) is 10.4. The molecule has 3 nitrogen and oxygen atoms in total. The molecule has 1 aliphatic carbocycles. The Labute approximate surface area is 129 Å². The average Bonchev–Trinajstić information content (AvgIpc) is 3.33. The molecule has 1 unspecified atom stereocenters. The number of aliphatic hydroxyl groups is 1. The lowest BCUT2D eigenvalue weighted by molar-refractivity contribution is 0.136. The second kappa shape index (κ2) is 7.92. The molecule has 21 heavy (non-hydrogen) atoms. The minimum atomic E-state index is -0.310. The smallest absolute Gasteiger partial charge is 0.0681 e. The number of rotatable bonds is 10. The highest BCUT2D eigenvalue weighted by molar-refractivity contribution is 5.24. The first-order chi connectivity index (χ1) is 10.2. The second-order valence-corrected chi connectivity index (χ2v) is 6.49. The molecule has 1 aromatic carbocycles. The van der Waals surface area contributed by atoms with Gasteiger partial charge in [-0.15, -0.1) is 0 Å². The maximum atomic E-state index is 10.1. The van der Waals surface area contributed by atoms with Gasteiger partial charge >= 0.3 is 0 Å². The van der Waals surface area contributed by atoms with E-state index in [2.05, 4.69) is 48.5 Å². The Morgan fingerprint density at radius 1 is 1.29 bits per heavy atom. The van der Waals surface area contributed by atoms with Crippen LogP contribution < -0.4 is 5.32 Å². The molecule has 1 atom stereocenters. The summed E-state index contributed by atoms with van der Waals surface area (Å²) < 4.78 is 0. The molecule has 0 heterocycles. The Hall–Kier alpha value is -0.900. The van der Waals surface area contributed by atoms with Crippen molar-refractivity contribution in [1.82, 2.24) is 10.2 Å². The third-order valence-corrected chi connectivity index (χ3v) is 4.50. The van der Waals surface area contributed by atoms with Crippen molar-refractivity contribution in [2.24, 2.45) is 5.92 Å². The van der Waals surface area contributed by atoms with Gasteiger partial charge in [-0.2, -0.15) is 0 Å². The van der Waals surface area contributed by atoms with Crippen molar-refractivity contribution in [3.8, 4) is 0 Å². The van der Waals surface area contributed by atoms with Crippen LogP contribution in [0.3, 0.4) is 0 Å². The molecule has 1 aliphatic rings. The highest BCUT2D eigenvalue weighted by Crippen LogP contribution is 2.30. The van der Waals surface area contributed by atoms with E-state index in [1.54, 1.807) is 0 Å². The topological polar surface area (TPSA) is 35.5 Å². The summed E-state index contributed by atoms with van der Waals surface area (Å²) in [5, 5.41) is 13.7. The van der Waals surface area contributed by atoms with Gasteiger partial charge in [0, 0.05) is 13.1 Å². The zero-order valence-corrected chi connectivity index (χ0v) is 13.5. The van der Waals surface area contributed by atoms with Gasteiger partial charge in [-0.3, -0.25) is 0 Å². The summed E-state index contributed by atoms with van der Waals surface area (Å²) in [6.45, 7) is 5.46. The molecular weight excluding hydrogens is 260 g/mol. The van der Waals surface area contributed by atoms with E-state index in [4.69, 9.17) is 0 Å². The first kappa shape index (κ1) is 16.5. The molecule has 0 radical (unpaired) electrons. The average molecular weight is 290 g/mol. The van der Waals surface area contributed by atoms with Gasteiger partial charge in [-0.1, -0.05) is 37.3 Å². The molecule has 118 valence electrons. The molecule has 0 bridgehead atoms. The van der Waals surface area contributed by atoms with Crippen molar-refractivity contribution in [3.63, 3.8) is 0 Å². The highest BCUT2D eigenvalue weighted by atomic mass is 16.3. The van der Waals surface area contributed by atoms with Crippen molar-refractivity contribution >= 4 is 0 Å².